The van der Waals surface area contributed by atoms with Gasteiger partial charge in [-0.05, 0) is 49.9 Å². The lowest BCUT2D eigenvalue weighted by atomic mass is 9.96. The average Bonchev–Trinajstić information content (AvgIpc) is 2.71. The van der Waals surface area contributed by atoms with Gasteiger partial charge >= 0.3 is 0 Å². The molecule has 1 fully saturated rings. The van der Waals surface area contributed by atoms with Gasteiger partial charge < -0.3 is 10.2 Å². The maximum Gasteiger partial charge on any atom is 0.253 e. The Labute approximate surface area is 163 Å². The van der Waals surface area contributed by atoms with E-state index in [2.05, 4.69) is 5.32 Å². The van der Waals surface area contributed by atoms with Crippen molar-refractivity contribution in [1.29, 1.82) is 0 Å². The highest BCUT2D eigenvalue weighted by atomic mass is 19.2. The molecule has 1 heterocycles. The third kappa shape index (κ3) is 4.94. The molecular weight excluding hydrogens is 362 g/mol. The van der Waals surface area contributed by atoms with Crippen LogP contribution in [0.1, 0.15) is 34.3 Å². The molecular formula is C22H24F2N2O2. The van der Waals surface area contributed by atoms with Crippen molar-refractivity contribution in [2.75, 3.05) is 19.6 Å². The SMILES string of the molecule is Cc1ccc(CCNC(=O)C2CCCN(C(=O)c3ccc(F)c(F)c3)C2)cc1. The number of hydrogen-bond acceptors (Lipinski definition) is 2. The van der Waals surface area contributed by atoms with Crippen LogP contribution in [0.2, 0.25) is 0 Å². The van der Waals surface area contributed by atoms with Crippen molar-refractivity contribution < 1.29 is 18.4 Å². The molecule has 1 atom stereocenters. The molecule has 0 aliphatic carbocycles. The zero-order chi connectivity index (χ0) is 20.1. The summed E-state index contributed by atoms with van der Waals surface area (Å²) in [6, 6.07) is 11.3. The summed E-state index contributed by atoms with van der Waals surface area (Å²) in [5.41, 5.74) is 2.45. The smallest absolute Gasteiger partial charge is 0.253 e. The third-order valence-electron chi connectivity index (χ3n) is 5.08. The molecule has 1 aliphatic rings. The molecule has 1 N–H and O–H groups in total. The van der Waals surface area contributed by atoms with Crippen molar-refractivity contribution in [3.8, 4) is 0 Å². The number of halogens is 2. The summed E-state index contributed by atoms with van der Waals surface area (Å²) in [6.45, 7) is 3.36. The minimum atomic E-state index is -1.05. The molecule has 0 spiro atoms. The van der Waals surface area contributed by atoms with E-state index in [1.165, 1.54) is 11.6 Å². The maximum absolute atomic E-state index is 13.4. The van der Waals surface area contributed by atoms with Gasteiger partial charge in [-0.25, -0.2) is 8.78 Å². The number of benzene rings is 2. The van der Waals surface area contributed by atoms with Crippen molar-refractivity contribution in [1.82, 2.24) is 10.2 Å². The van der Waals surface area contributed by atoms with E-state index in [0.717, 1.165) is 24.1 Å². The first-order chi connectivity index (χ1) is 13.4. The topological polar surface area (TPSA) is 49.4 Å². The van der Waals surface area contributed by atoms with E-state index in [1.807, 2.05) is 31.2 Å². The van der Waals surface area contributed by atoms with Crippen molar-refractivity contribution in [2.24, 2.45) is 5.92 Å². The van der Waals surface area contributed by atoms with Crippen LogP contribution in [0.3, 0.4) is 0 Å². The second-order valence-corrected chi connectivity index (χ2v) is 7.25. The zero-order valence-corrected chi connectivity index (χ0v) is 15.9. The lowest BCUT2D eigenvalue weighted by Gasteiger charge is -2.32. The largest absolute Gasteiger partial charge is 0.355 e. The van der Waals surface area contributed by atoms with E-state index < -0.39 is 11.6 Å². The van der Waals surface area contributed by atoms with Gasteiger partial charge in [0.2, 0.25) is 5.91 Å². The molecule has 1 aliphatic heterocycles. The van der Waals surface area contributed by atoms with E-state index >= 15 is 0 Å². The zero-order valence-electron chi connectivity index (χ0n) is 15.9. The van der Waals surface area contributed by atoms with Crippen LogP contribution in [0.25, 0.3) is 0 Å². The van der Waals surface area contributed by atoms with E-state index in [9.17, 15) is 18.4 Å². The molecule has 2 aromatic rings. The minimum absolute atomic E-state index is 0.0742. The van der Waals surface area contributed by atoms with Crippen LogP contribution >= 0.6 is 0 Å². The first-order valence-electron chi connectivity index (χ1n) is 9.51. The number of hydrogen-bond donors (Lipinski definition) is 1. The van der Waals surface area contributed by atoms with Crippen molar-refractivity contribution in [3.05, 3.63) is 70.8 Å². The highest BCUT2D eigenvalue weighted by molar-refractivity contribution is 5.94. The Kier molecular flexibility index (Phi) is 6.39. The van der Waals surface area contributed by atoms with Gasteiger partial charge in [0.1, 0.15) is 0 Å². The summed E-state index contributed by atoms with van der Waals surface area (Å²) >= 11 is 0. The molecule has 6 heteroatoms. The maximum atomic E-state index is 13.4. The number of piperidine rings is 1. The number of carbonyl (C=O) groups excluding carboxylic acids is 2. The van der Waals surface area contributed by atoms with Crippen LogP contribution in [-0.2, 0) is 11.2 Å². The summed E-state index contributed by atoms with van der Waals surface area (Å²) < 4.78 is 26.5. The molecule has 1 unspecified atom stereocenters. The monoisotopic (exact) mass is 386 g/mol. The average molecular weight is 386 g/mol. The molecule has 0 aromatic heterocycles. The van der Waals surface area contributed by atoms with Gasteiger partial charge in [-0.3, -0.25) is 9.59 Å². The Morgan fingerprint density at radius 3 is 2.57 bits per heavy atom. The van der Waals surface area contributed by atoms with Gasteiger partial charge in [0.05, 0.1) is 5.92 Å². The van der Waals surface area contributed by atoms with E-state index in [4.69, 9.17) is 0 Å². The molecule has 0 radical (unpaired) electrons. The van der Waals surface area contributed by atoms with Gasteiger partial charge in [0.25, 0.3) is 5.91 Å². The number of aryl methyl sites for hydroxylation is 1. The summed E-state index contributed by atoms with van der Waals surface area (Å²) in [5, 5.41) is 2.94. The Balaban J connectivity index is 1.53. The fraction of sp³-hybridized carbons (Fsp3) is 0.364. The van der Waals surface area contributed by atoms with Gasteiger partial charge in [-0.1, -0.05) is 29.8 Å². The fourth-order valence-electron chi connectivity index (χ4n) is 3.42. The normalized spacial score (nSPS) is 16.7. The molecule has 148 valence electrons. The number of amides is 2. The Morgan fingerprint density at radius 2 is 1.86 bits per heavy atom. The van der Waals surface area contributed by atoms with Gasteiger partial charge in [-0.2, -0.15) is 0 Å². The molecule has 28 heavy (non-hydrogen) atoms. The first kappa shape index (κ1) is 20.0. The van der Waals surface area contributed by atoms with Crippen LogP contribution in [0.5, 0.6) is 0 Å². The number of nitrogens with zero attached hydrogens (tertiary/aromatic N) is 1. The third-order valence-corrected chi connectivity index (χ3v) is 5.08. The quantitative estimate of drug-likeness (QED) is 0.855. The molecule has 1 saturated heterocycles. The first-order valence-corrected chi connectivity index (χ1v) is 9.51. The van der Waals surface area contributed by atoms with E-state index in [1.54, 1.807) is 4.90 Å². The summed E-state index contributed by atoms with van der Waals surface area (Å²) in [4.78, 5) is 26.6. The number of nitrogens with one attached hydrogen (secondary N) is 1. The number of carbonyl (C=O) groups is 2. The highest BCUT2D eigenvalue weighted by Crippen LogP contribution is 2.20. The van der Waals surface area contributed by atoms with Crippen LogP contribution < -0.4 is 5.32 Å². The van der Waals surface area contributed by atoms with Gasteiger partial charge in [0, 0.05) is 25.2 Å². The van der Waals surface area contributed by atoms with Crippen molar-refractivity contribution in [2.45, 2.75) is 26.2 Å². The summed E-state index contributed by atoms with van der Waals surface area (Å²) in [6.07, 6.45) is 2.15. The van der Waals surface area contributed by atoms with Crippen LogP contribution in [0.15, 0.2) is 42.5 Å². The van der Waals surface area contributed by atoms with E-state index in [-0.39, 0.29) is 29.8 Å². The van der Waals surface area contributed by atoms with Crippen LogP contribution in [0.4, 0.5) is 8.78 Å². The Hall–Kier alpha value is -2.76. The Bertz CT molecular complexity index is 852. The second-order valence-electron chi connectivity index (χ2n) is 7.25. The lowest BCUT2D eigenvalue weighted by molar-refractivity contribution is -0.126. The van der Waals surface area contributed by atoms with Crippen LogP contribution in [-0.4, -0.2) is 36.3 Å². The molecule has 3 rings (SSSR count). The fourth-order valence-corrected chi connectivity index (χ4v) is 3.42. The minimum Gasteiger partial charge on any atom is -0.355 e. The van der Waals surface area contributed by atoms with Gasteiger partial charge in [-0.15, -0.1) is 0 Å². The molecule has 4 nitrogen and oxygen atoms in total. The predicted molar refractivity (Wildman–Crippen MR) is 103 cm³/mol. The van der Waals surface area contributed by atoms with Gasteiger partial charge in [0.15, 0.2) is 11.6 Å². The number of rotatable bonds is 5. The molecule has 0 saturated carbocycles. The molecule has 2 aromatic carbocycles. The number of likely N-dealkylation sites (tertiary alicyclic amines) is 1. The molecule has 2 amide bonds. The van der Waals surface area contributed by atoms with Crippen molar-refractivity contribution >= 4 is 11.8 Å². The highest BCUT2D eigenvalue weighted by Gasteiger charge is 2.29. The Morgan fingerprint density at radius 1 is 1.11 bits per heavy atom. The van der Waals surface area contributed by atoms with Crippen LogP contribution in [0, 0.1) is 24.5 Å². The summed E-state index contributed by atoms with van der Waals surface area (Å²) in [5.74, 6) is -2.78. The van der Waals surface area contributed by atoms with Crippen molar-refractivity contribution in [3.63, 3.8) is 0 Å². The predicted octanol–water partition coefficient (Wildman–Crippen LogP) is 3.48. The molecule has 0 bridgehead atoms. The lowest BCUT2D eigenvalue weighted by Crippen LogP contribution is -2.45. The van der Waals surface area contributed by atoms with E-state index in [0.29, 0.717) is 25.9 Å². The standard InChI is InChI=1S/C22H24F2N2O2/c1-15-4-6-16(7-5-15)10-11-25-21(27)18-3-2-12-26(14-18)22(28)17-8-9-19(23)20(24)13-17/h4-9,13,18H,2-3,10-12,14H2,1H3,(H,25,27). The second kappa shape index (κ2) is 8.95. The summed E-state index contributed by atoms with van der Waals surface area (Å²) in [7, 11) is 0.